The predicted octanol–water partition coefficient (Wildman–Crippen LogP) is 1.15. The summed E-state index contributed by atoms with van der Waals surface area (Å²) in [5.41, 5.74) is 4.83. The van der Waals surface area contributed by atoms with Gasteiger partial charge in [-0.15, -0.1) is 4.36 Å². The summed E-state index contributed by atoms with van der Waals surface area (Å²) in [6, 6.07) is 5.36. The molecule has 0 unspecified atom stereocenters. The normalized spacial score (nSPS) is 9.07. The number of rotatable bonds is 3. The molecule has 1 aromatic carbocycles. The van der Waals surface area contributed by atoms with E-state index >= 15 is 0 Å². The van der Waals surface area contributed by atoms with Crippen LogP contribution in [-0.2, 0) is 12.4 Å². The second-order valence-electron chi connectivity index (χ2n) is 2.50. The van der Waals surface area contributed by atoms with Gasteiger partial charge in [-0.3, -0.25) is 5.43 Å². The minimum Gasteiger partial charge on any atom is -0.478 e. The van der Waals surface area contributed by atoms with Gasteiger partial charge in [0.2, 0.25) is 0 Å². The maximum atomic E-state index is 10.7. The number of anilines is 1. The molecular formula is C8H7N3O3S. The first-order valence-corrected chi connectivity index (χ1v) is 4.23. The molecular weight excluding hydrogens is 218 g/mol. The Labute approximate surface area is 90.4 Å². The van der Waals surface area contributed by atoms with E-state index in [1.807, 2.05) is 0 Å². The Kier molecular flexibility index (Phi) is 3.69. The number of amides is 2. The lowest BCUT2D eigenvalue weighted by Crippen LogP contribution is -2.27. The molecule has 78 valence electrons. The quantitative estimate of drug-likeness (QED) is 0.671. The molecule has 0 fully saturated rings. The van der Waals surface area contributed by atoms with E-state index in [4.69, 9.17) is 5.11 Å². The fourth-order valence-corrected chi connectivity index (χ4v) is 0.968. The van der Waals surface area contributed by atoms with Crippen molar-refractivity contribution in [1.29, 1.82) is 0 Å². The number of carboxylic acid groups (broad SMARTS) is 1. The Morgan fingerprint density at radius 2 is 2.00 bits per heavy atom. The van der Waals surface area contributed by atoms with Crippen LogP contribution in [0, 0.1) is 0 Å². The average molecular weight is 225 g/mol. The Hall–Kier alpha value is -2.02. The Morgan fingerprint density at radius 3 is 2.60 bits per heavy atom. The van der Waals surface area contributed by atoms with Crippen LogP contribution in [0.25, 0.3) is 0 Å². The number of carbonyl (C=O) groups is 2. The van der Waals surface area contributed by atoms with Crippen LogP contribution in [0.4, 0.5) is 10.5 Å². The minimum absolute atomic E-state index is 0.0437. The molecule has 0 saturated heterocycles. The summed E-state index contributed by atoms with van der Waals surface area (Å²) < 4.78 is 2.90. The van der Waals surface area contributed by atoms with Crippen LogP contribution in [0.2, 0.25) is 0 Å². The third-order valence-corrected chi connectivity index (χ3v) is 1.71. The Balaban J connectivity index is 2.80. The van der Waals surface area contributed by atoms with Crippen molar-refractivity contribution in [2.45, 2.75) is 0 Å². The van der Waals surface area contributed by atoms with E-state index < -0.39 is 12.0 Å². The SMILES string of the molecule is O=C(N=S)NNc1ccccc1C(=O)O. The molecule has 2 amide bonds. The molecule has 1 aromatic rings. The second kappa shape index (κ2) is 5.01. The average Bonchev–Trinajstić information content (AvgIpc) is 2.26. The third-order valence-electron chi connectivity index (χ3n) is 1.54. The molecule has 15 heavy (non-hydrogen) atoms. The second-order valence-corrected chi connectivity index (χ2v) is 2.68. The molecule has 0 aliphatic carbocycles. The highest BCUT2D eigenvalue weighted by molar-refractivity contribution is 7.47. The van der Waals surface area contributed by atoms with E-state index in [0.29, 0.717) is 0 Å². The highest BCUT2D eigenvalue weighted by Gasteiger charge is 2.08. The van der Waals surface area contributed by atoms with Crippen molar-refractivity contribution in [3.05, 3.63) is 29.8 Å². The zero-order valence-electron chi connectivity index (χ0n) is 7.43. The van der Waals surface area contributed by atoms with Gasteiger partial charge in [-0.2, -0.15) is 0 Å². The van der Waals surface area contributed by atoms with Crippen molar-refractivity contribution in [3.8, 4) is 0 Å². The topological polar surface area (TPSA) is 90.8 Å². The predicted molar refractivity (Wildman–Crippen MR) is 55.3 cm³/mol. The molecule has 0 aliphatic rings. The number of carbonyl (C=O) groups excluding carboxylic acids is 1. The van der Waals surface area contributed by atoms with Gasteiger partial charge in [0.25, 0.3) is 0 Å². The number of hydrazine groups is 1. The van der Waals surface area contributed by atoms with E-state index in [1.165, 1.54) is 12.1 Å². The monoisotopic (exact) mass is 225 g/mol. The maximum absolute atomic E-state index is 10.7. The molecule has 7 heteroatoms. The van der Waals surface area contributed by atoms with E-state index in [0.717, 1.165) is 0 Å². The van der Waals surface area contributed by atoms with Gasteiger partial charge in [-0.1, -0.05) is 12.1 Å². The maximum Gasteiger partial charge on any atom is 0.370 e. The molecule has 0 saturated carbocycles. The lowest BCUT2D eigenvalue weighted by Gasteiger charge is -2.07. The van der Waals surface area contributed by atoms with Crippen molar-refractivity contribution in [1.82, 2.24) is 5.43 Å². The summed E-state index contributed by atoms with van der Waals surface area (Å²) in [7, 11) is 0. The number of nitrogens with one attached hydrogen (secondary N) is 2. The highest BCUT2D eigenvalue weighted by atomic mass is 32.1. The molecule has 6 nitrogen and oxygen atoms in total. The lowest BCUT2D eigenvalue weighted by molar-refractivity contribution is 0.0698. The standard InChI is InChI=1S/C8H7N3O3S/c12-7(13)5-3-1-2-4-6(5)9-10-8(14)11-15/h1-4,9H,(H,10,14)(H,12,13). The number of hydrogen-bond donors (Lipinski definition) is 3. The first-order chi connectivity index (χ1) is 7.15. The molecule has 0 spiro atoms. The van der Waals surface area contributed by atoms with Crippen molar-refractivity contribution >= 4 is 30.1 Å². The third kappa shape index (κ3) is 2.99. The van der Waals surface area contributed by atoms with Crippen molar-refractivity contribution in [3.63, 3.8) is 0 Å². The molecule has 0 heterocycles. The number of nitrogens with zero attached hydrogens (tertiary/aromatic N) is 1. The van der Waals surface area contributed by atoms with Crippen LogP contribution in [0.15, 0.2) is 28.6 Å². The number of aromatic carboxylic acids is 1. The summed E-state index contributed by atoms with van der Waals surface area (Å²) in [6.07, 6.45) is 0. The smallest absolute Gasteiger partial charge is 0.370 e. The molecule has 1 rings (SSSR count). The van der Waals surface area contributed by atoms with Gasteiger partial charge in [0.05, 0.1) is 11.3 Å². The van der Waals surface area contributed by atoms with Crippen LogP contribution in [0.1, 0.15) is 10.4 Å². The number of benzene rings is 1. The van der Waals surface area contributed by atoms with Crippen LogP contribution < -0.4 is 10.9 Å². The van der Waals surface area contributed by atoms with Crippen molar-refractivity contribution < 1.29 is 14.7 Å². The molecule has 0 radical (unpaired) electrons. The van der Waals surface area contributed by atoms with Crippen molar-refractivity contribution in [2.24, 2.45) is 4.36 Å². The molecule has 0 aromatic heterocycles. The van der Waals surface area contributed by atoms with E-state index in [1.54, 1.807) is 12.1 Å². The summed E-state index contributed by atoms with van der Waals surface area (Å²) in [4.78, 5) is 21.4. The fraction of sp³-hybridized carbons (Fsp3) is 0. The van der Waals surface area contributed by atoms with Gasteiger partial charge in [0.1, 0.15) is 0 Å². The van der Waals surface area contributed by atoms with E-state index in [-0.39, 0.29) is 11.3 Å². The number of urea groups is 1. The zero-order valence-corrected chi connectivity index (χ0v) is 8.25. The molecule has 0 bridgehead atoms. The van der Waals surface area contributed by atoms with Gasteiger partial charge in [-0.05, 0) is 12.1 Å². The van der Waals surface area contributed by atoms with Gasteiger partial charge >= 0.3 is 12.0 Å². The minimum atomic E-state index is -1.09. The highest BCUT2D eigenvalue weighted by Crippen LogP contribution is 2.13. The van der Waals surface area contributed by atoms with Crippen LogP contribution in [-0.4, -0.2) is 17.1 Å². The number of para-hydroxylation sites is 1. The Bertz CT molecular complexity index is 408. The summed E-state index contributed by atoms with van der Waals surface area (Å²) in [5, 5.41) is 8.79. The summed E-state index contributed by atoms with van der Waals surface area (Å²) in [6.45, 7) is 0. The molecule has 0 aliphatic heterocycles. The van der Waals surface area contributed by atoms with Crippen LogP contribution in [0.3, 0.4) is 0 Å². The van der Waals surface area contributed by atoms with Gasteiger partial charge < -0.3 is 5.11 Å². The first-order valence-electron chi connectivity index (χ1n) is 3.87. The van der Waals surface area contributed by atoms with E-state index in [9.17, 15) is 9.59 Å². The van der Waals surface area contributed by atoms with Crippen LogP contribution in [0.5, 0.6) is 0 Å². The van der Waals surface area contributed by atoms with Crippen molar-refractivity contribution in [2.75, 3.05) is 5.43 Å². The van der Waals surface area contributed by atoms with Crippen LogP contribution >= 0.6 is 0 Å². The summed E-state index contributed by atoms with van der Waals surface area (Å²) >= 11 is 4.13. The lowest BCUT2D eigenvalue weighted by atomic mass is 10.2. The zero-order chi connectivity index (χ0) is 11.3. The van der Waals surface area contributed by atoms with E-state index in [2.05, 4.69) is 27.6 Å². The first kappa shape index (κ1) is 11.1. The largest absolute Gasteiger partial charge is 0.478 e. The summed E-state index contributed by atoms with van der Waals surface area (Å²) in [5.74, 6) is -1.09. The van der Waals surface area contributed by atoms with Gasteiger partial charge in [0, 0.05) is 12.4 Å². The number of hydrogen-bond acceptors (Lipinski definition) is 4. The fourth-order valence-electron chi connectivity index (χ4n) is 0.922. The molecule has 0 atom stereocenters. The van der Waals surface area contributed by atoms with Gasteiger partial charge in [0.15, 0.2) is 0 Å². The van der Waals surface area contributed by atoms with Gasteiger partial charge in [-0.25, -0.2) is 15.0 Å². The molecule has 3 N–H and O–H groups in total. The Morgan fingerprint density at radius 1 is 1.33 bits per heavy atom. The number of carboxylic acids is 1.